The smallest absolute Gasteiger partial charge is 0.257 e. The van der Waals surface area contributed by atoms with E-state index in [0.717, 1.165) is 25.1 Å². The summed E-state index contributed by atoms with van der Waals surface area (Å²) in [5.74, 6) is 0.394. The average molecular weight is 305 g/mol. The van der Waals surface area contributed by atoms with Crippen molar-refractivity contribution in [2.45, 2.75) is 6.42 Å². The second-order valence-corrected chi connectivity index (χ2v) is 5.75. The minimum absolute atomic E-state index is 0.00493. The van der Waals surface area contributed by atoms with Gasteiger partial charge in [-0.2, -0.15) is 5.10 Å². The highest BCUT2D eigenvalue weighted by Gasteiger charge is 2.28. The van der Waals surface area contributed by atoms with Crippen LogP contribution in [0.25, 0.3) is 11.3 Å². The van der Waals surface area contributed by atoms with Crippen LogP contribution in [0.4, 0.5) is 0 Å². The molecule has 3 rings (SSSR count). The number of hydrogen-bond donors (Lipinski definition) is 2. The van der Waals surface area contributed by atoms with Crippen LogP contribution < -0.4 is 5.73 Å². The summed E-state index contributed by atoms with van der Waals surface area (Å²) in [6, 6.07) is 7.38. The molecule has 1 aromatic heterocycles. The Balaban J connectivity index is 1.87. The van der Waals surface area contributed by atoms with Crippen LogP contribution in [0, 0.1) is 5.92 Å². The molecule has 0 radical (unpaired) electrons. The second-order valence-electron chi connectivity index (χ2n) is 5.31. The highest BCUT2D eigenvalue weighted by molar-refractivity contribution is 6.30. The summed E-state index contributed by atoms with van der Waals surface area (Å²) in [6.45, 7) is 2.09. The van der Waals surface area contributed by atoms with Crippen molar-refractivity contribution in [1.82, 2.24) is 15.1 Å². The van der Waals surface area contributed by atoms with E-state index in [9.17, 15) is 4.79 Å². The Morgan fingerprint density at radius 3 is 3.10 bits per heavy atom. The number of aromatic amines is 1. The molecule has 110 valence electrons. The van der Waals surface area contributed by atoms with Crippen LogP contribution in [0.5, 0.6) is 0 Å². The quantitative estimate of drug-likeness (QED) is 0.912. The molecule has 6 heteroatoms. The molecule has 2 aromatic rings. The number of hydrogen-bond acceptors (Lipinski definition) is 3. The van der Waals surface area contributed by atoms with Gasteiger partial charge in [-0.15, -0.1) is 0 Å². The van der Waals surface area contributed by atoms with E-state index >= 15 is 0 Å². The number of benzene rings is 1. The van der Waals surface area contributed by atoms with Crippen molar-refractivity contribution < 1.29 is 4.79 Å². The second kappa shape index (κ2) is 5.87. The van der Waals surface area contributed by atoms with Gasteiger partial charge in [-0.05, 0) is 31.0 Å². The molecule has 0 bridgehead atoms. The van der Waals surface area contributed by atoms with Gasteiger partial charge in [-0.3, -0.25) is 9.89 Å². The van der Waals surface area contributed by atoms with Gasteiger partial charge in [0.15, 0.2) is 0 Å². The maximum absolute atomic E-state index is 12.6. The Morgan fingerprint density at radius 2 is 2.38 bits per heavy atom. The van der Waals surface area contributed by atoms with E-state index in [2.05, 4.69) is 10.2 Å². The van der Waals surface area contributed by atoms with Gasteiger partial charge in [0.25, 0.3) is 5.91 Å². The molecule has 1 amide bonds. The zero-order valence-electron chi connectivity index (χ0n) is 11.6. The third-order valence-electron chi connectivity index (χ3n) is 3.89. The largest absolute Gasteiger partial charge is 0.338 e. The van der Waals surface area contributed by atoms with Crippen LogP contribution in [0.2, 0.25) is 5.02 Å². The third-order valence-corrected chi connectivity index (χ3v) is 4.12. The van der Waals surface area contributed by atoms with Gasteiger partial charge in [0.05, 0.1) is 17.5 Å². The van der Waals surface area contributed by atoms with E-state index < -0.39 is 0 Å². The molecule has 1 aromatic carbocycles. The van der Waals surface area contributed by atoms with E-state index in [1.165, 1.54) is 0 Å². The van der Waals surface area contributed by atoms with Crippen LogP contribution in [0.3, 0.4) is 0 Å². The number of H-pyrrole nitrogens is 1. The first-order chi connectivity index (χ1) is 10.2. The molecule has 21 heavy (non-hydrogen) atoms. The number of amides is 1. The molecule has 0 spiro atoms. The minimum Gasteiger partial charge on any atom is -0.338 e. The summed E-state index contributed by atoms with van der Waals surface area (Å²) in [5.41, 5.74) is 7.83. The maximum Gasteiger partial charge on any atom is 0.257 e. The summed E-state index contributed by atoms with van der Waals surface area (Å²) in [7, 11) is 0. The van der Waals surface area contributed by atoms with Crippen molar-refractivity contribution >= 4 is 17.5 Å². The molecular weight excluding hydrogens is 288 g/mol. The third kappa shape index (κ3) is 2.80. The Labute approximate surface area is 128 Å². The lowest BCUT2D eigenvalue weighted by molar-refractivity contribution is 0.0788. The molecule has 1 saturated heterocycles. The topological polar surface area (TPSA) is 75.0 Å². The van der Waals surface area contributed by atoms with E-state index in [4.69, 9.17) is 17.3 Å². The molecule has 1 atom stereocenters. The van der Waals surface area contributed by atoms with Crippen molar-refractivity contribution in [2.75, 3.05) is 19.6 Å². The van der Waals surface area contributed by atoms with Crippen LogP contribution in [-0.2, 0) is 0 Å². The van der Waals surface area contributed by atoms with Gasteiger partial charge in [0, 0.05) is 23.7 Å². The SMILES string of the molecule is NC[C@H]1CCN(C(=O)c2cn[nH]c2-c2cccc(Cl)c2)C1. The molecule has 3 N–H and O–H groups in total. The number of carbonyl (C=O) groups excluding carboxylic acids is 1. The number of halogens is 1. The number of likely N-dealkylation sites (tertiary alicyclic amines) is 1. The molecule has 0 aliphatic carbocycles. The molecule has 2 heterocycles. The first kappa shape index (κ1) is 14.1. The number of carbonyl (C=O) groups is 1. The standard InChI is InChI=1S/C15H17ClN4O/c16-12-3-1-2-11(6-12)14-13(8-18-19-14)15(21)20-5-4-10(7-17)9-20/h1-3,6,8,10H,4-5,7,9,17H2,(H,18,19)/t10-/m1/s1. The Hall–Kier alpha value is -1.85. The number of nitrogens with one attached hydrogen (secondary N) is 1. The van der Waals surface area contributed by atoms with Gasteiger partial charge < -0.3 is 10.6 Å². The van der Waals surface area contributed by atoms with Crippen LogP contribution in [0.1, 0.15) is 16.8 Å². The van der Waals surface area contributed by atoms with Gasteiger partial charge in [-0.1, -0.05) is 23.7 Å². The molecule has 1 fully saturated rings. The Bertz CT molecular complexity index is 655. The fraction of sp³-hybridized carbons (Fsp3) is 0.333. The van der Waals surface area contributed by atoms with Crippen molar-refractivity contribution in [3.63, 3.8) is 0 Å². The predicted octanol–water partition coefficient (Wildman–Crippen LogP) is 2.15. The normalized spacial score (nSPS) is 18.2. The highest BCUT2D eigenvalue weighted by Crippen LogP contribution is 2.26. The van der Waals surface area contributed by atoms with Gasteiger partial charge >= 0.3 is 0 Å². The predicted molar refractivity (Wildman–Crippen MR) is 82.1 cm³/mol. The van der Waals surface area contributed by atoms with E-state index in [-0.39, 0.29) is 5.91 Å². The number of rotatable bonds is 3. The number of aromatic nitrogens is 2. The Morgan fingerprint density at radius 1 is 1.52 bits per heavy atom. The summed E-state index contributed by atoms with van der Waals surface area (Å²) >= 11 is 6.02. The lowest BCUT2D eigenvalue weighted by Crippen LogP contribution is -2.30. The first-order valence-corrected chi connectivity index (χ1v) is 7.35. The van der Waals surface area contributed by atoms with Crippen LogP contribution in [0.15, 0.2) is 30.5 Å². The van der Waals surface area contributed by atoms with E-state index in [1.54, 1.807) is 12.3 Å². The van der Waals surface area contributed by atoms with Gasteiger partial charge in [0.2, 0.25) is 0 Å². The molecule has 1 aliphatic rings. The average Bonchev–Trinajstić information content (AvgIpc) is 3.15. The van der Waals surface area contributed by atoms with Crippen molar-refractivity contribution in [3.05, 3.63) is 41.0 Å². The Kier molecular flexibility index (Phi) is 3.94. The summed E-state index contributed by atoms with van der Waals surface area (Å²) in [4.78, 5) is 14.5. The van der Waals surface area contributed by atoms with Gasteiger partial charge in [0.1, 0.15) is 0 Å². The fourth-order valence-corrected chi connectivity index (χ4v) is 2.88. The lowest BCUT2D eigenvalue weighted by atomic mass is 10.1. The summed E-state index contributed by atoms with van der Waals surface area (Å²) < 4.78 is 0. The zero-order chi connectivity index (χ0) is 14.8. The van der Waals surface area contributed by atoms with Crippen molar-refractivity contribution in [3.8, 4) is 11.3 Å². The lowest BCUT2D eigenvalue weighted by Gasteiger charge is -2.16. The van der Waals surface area contributed by atoms with Crippen LogP contribution >= 0.6 is 11.6 Å². The molecule has 5 nitrogen and oxygen atoms in total. The zero-order valence-corrected chi connectivity index (χ0v) is 12.3. The van der Waals surface area contributed by atoms with Gasteiger partial charge in [-0.25, -0.2) is 0 Å². The highest BCUT2D eigenvalue weighted by atomic mass is 35.5. The monoisotopic (exact) mass is 304 g/mol. The van der Waals surface area contributed by atoms with E-state index in [1.807, 2.05) is 23.1 Å². The number of nitrogens with two attached hydrogens (primary N) is 1. The molecule has 0 unspecified atom stereocenters. The van der Waals surface area contributed by atoms with Crippen molar-refractivity contribution in [1.29, 1.82) is 0 Å². The fourth-order valence-electron chi connectivity index (χ4n) is 2.69. The van der Waals surface area contributed by atoms with Crippen LogP contribution in [-0.4, -0.2) is 40.6 Å². The first-order valence-electron chi connectivity index (χ1n) is 6.97. The van der Waals surface area contributed by atoms with Crippen molar-refractivity contribution in [2.24, 2.45) is 11.7 Å². The molecule has 1 aliphatic heterocycles. The maximum atomic E-state index is 12.6. The summed E-state index contributed by atoms with van der Waals surface area (Å²) in [6.07, 6.45) is 2.54. The van der Waals surface area contributed by atoms with E-state index in [0.29, 0.717) is 28.7 Å². The minimum atomic E-state index is -0.00493. The summed E-state index contributed by atoms with van der Waals surface area (Å²) in [5, 5.41) is 7.55. The molecular formula is C15H17ClN4O. The molecule has 0 saturated carbocycles. The number of nitrogens with zero attached hydrogens (tertiary/aromatic N) is 2.